The van der Waals surface area contributed by atoms with Crippen molar-refractivity contribution in [2.75, 3.05) is 44.2 Å². The summed E-state index contributed by atoms with van der Waals surface area (Å²) in [5, 5.41) is 5.22. The number of fused-ring (bicyclic) bond motifs is 2. The highest BCUT2D eigenvalue weighted by atomic mass is 16.5. The van der Waals surface area contributed by atoms with E-state index in [2.05, 4.69) is 14.9 Å². The first-order valence-electron chi connectivity index (χ1n) is 11.7. The molecule has 0 bridgehead atoms. The van der Waals surface area contributed by atoms with Gasteiger partial charge in [-0.25, -0.2) is 4.79 Å². The zero-order chi connectivity index (χ0) is 25.7. The largest absolute Gasteiger partial charge is 0.497 e. The van der Waals surface area contributed by atoms with E-state index in [-0.39, 0.29) is 5.56 Å². The molecule has 0 amide bonds. The summed E-state index contributed by atoms with van der Waals surface area (Å²) in [5.41, 5.74) is 6.20. The number of pyridine rings is 1. The summed E-state index contributed by atoms with van der Waals surface area (Å²) in [4.78, 5) is 30.0. The SMILES string of the molecule is COC(=O)c1cc2c(cc1-c1cnn(C)c1)N(C)CCN2c1cc(OC)cc2c1cc(C)c(=O)n2C. The van der Waals surface area contributed by atoms with E-state index < -0.39 is 5.97 Å². The number of aromatic nitrogens is 3. The molecule has 5 rings (SSSR count). The number of hydrogen-bond acceptors (Lipinski definition) is 7. The van der Waals surface area contributed by atoms with Crippen LogP contribution in [-0.2, 0) is 18.8 Å². The summed E-state index contributed by atoms with van der Waals surface area (Å²) >= 11 is 0. The number of esters is 1. The molecule has 0 radical (unpaired) electrons. The van der Waals surface area contributed by atoms with Crippen molar-refractivity contribution in [1.82, 2.24) is 14.3 Å². The average molecular weight is 488 g/mol. The van der Waals surface area contributed by atoms with Crippen LogP contribution >= 0.6 is 0 Å². The van der Waals surface area contributed by atoms with Gasteiger partial charge in [-0.1, -0.05) is 0 Å². The van der Waals surface area contributed by atoms with Crippen molar-refractivity contribution in [3.8, 4) is 16.9 Å². The minimum absolute atomic E-state index is 0.0467. The lowest BCUT2D eigenvalue weighted by Crippen LogP contribution is -2.37. The van der Waals surface area contributed by atoms with Crippen molar-refractivity contribution in [2.24, 2.45) is 14.1 Å². The molecule has 0 N–H and O–H groups in total. The van der Waals surface area contributed by atoms with Crippen LogP contribution in [-0.4, -0.2) is 54.7 Å². The highest BCUT2D eigenvalue weighted by Gasteiger charge is 2.28. The number of carbonyl (C=O) groups excluding carboxylic acids is 1. The fraction of sp³-hybridized carbons (Fsp3) is 0.296. The van der Waals surface area contributed by atoms with Crippen molar-refractivity contribution in [3.05, 3.63) is 64.2 Å². The molecule has 4 aromatic rings. The number of methoxy groups -OCH3 is 2. The molecule has 0 aliphatic carbocycles. The van der Waals surface area contributed by atoms with Crippen LogP contribution in [0.3, 0.4) is 0 Å². The zero-order valence-electron chi connectivity index (χ0n) is 21.3. The van der Waals surface area contributed by atoms with Gasteiger partial charge in [-0.05, 0) is 25.1 Å². The van der Waals surface area contributed by atoms with Gasteiger partial charge in [0.1, 0.15) is 5.75 Å². The van der Waals surface area contributed by atoms with E-state index in [0.29, 0.717) is 23.4 Å². The molecule has 0 saturated heterocycles. The van der Waals surface area contributed by atoms with Crippen molar-refractivity contribution in [2.45, 2.75) is 6.92 Å². The Morgan fingerprint density at radius 2 is 1.75 bits per heavy atom. The van der Waals surface area contributed by atoms with Gasteiger partial charge in [0.15, 0.2) is 0 Å². The predicted molar refractivity (Wildman–Crippen MR) is 141 cm³/mol. The summed E-state index contributed by atoms with van der Waals surface area (Å²) in [5.74, 6) is 0.232. The van der Waals surface area contributed by atoms with Gasteiger partial charge < -0.3 is 23.8 Å². The minimum atomic E-state index is -0.418. The second-order valence-corrected chi connectivity index (χ2v) is 9.12. The van der Waals surface area contributed by atoms with Gasteiger partial charge in [-0.3, -0.25) is 9.48 Å². The van der Waals surface area contributed by atoms with Crippen molar-refractivity contribution < 1.29 is 14.3 Å². The van der Waals surface area contributed by atoms with Crippen LogP contribution in [0.4, 0.5) is 17.1 Å². The fourth-order valence-electron chi connectivity index (χ4n) is 4.93. The summed E-state index contributed by atoms with van der Waals surface area (Å²) in [6.07, 6.45) is 3.63. The molecule has 3 heterocycles. The number of carbonyl (C=O) groups is 1. The van der Waals surface area contributed by atoms with Gasteiger partial charge in [0.2, 0.25) is 0 Å². The van der Waals surface area contributed by atoms with Crippen molar-refractivity contribution in [1.29, 1.82) is 0 Å². The second kappa shape index (κ2) is 8.75. The number of rotatable bonds is 4. The van der Waals surface area contributed by atoms with Gasteiger partial charge in [0, 0.05) is 74.6 Å². The number of ether oxygens (including phenoxy) is 2. The Balaban J connectivity index is 1.80. The van der Waals surface area contributed by atoms with Gasteiger partial charge >= 0.3 is 5.97 Å². The van der Waals surface area contributed by atoms with E-state index in [1.807, 2.05) is 57.5 Å². The monoisotopic (exact) mass is 487 g/mol. The summed E-state index contributed by atoms with van der Waals surface area (Å²) in [6, 6.07) is 9.69. The first kappa shape index (κ1) is 23.5. The van der Waals surface area contributed by atoms with Gasteiger partial charge in [0.25, 0.3) is 5.56 Å². The first-order chi connectivity index (χ1) is 17.2. The maximum atomic E-state index is 12.9. The molecule has 0 spiro atoms. The first-order valence-corrected chi connectivity index (χ1v) is 11.7. The Morgan fingerprint density at radius 3 is 2.42 bits per heavy atom. The third kappa shape index (κ3) is 3.67. The van der Waals surface area contributed by atoms with Crippen LogP contribution in [0, 0.1) is 6.92 Å². The lowest BCUT2D eigenvalue weighted by atomic mass is 9.97. The maximum absolute atomic E-state index is 12.9. The van der Waals surface area contributed by atoms with Crippen LogP contribution in [0.5, 0.6) is 5.75 Å². The molecule has 1 aliphatic rings. The van der Waals surface area contributed by atoms with Crippen LogP contribution < -0.4 is 20.1 Å². The topological polar surface area (TPSA) is 81.8 Å². The quantitative estimate of drug-likeness (QED) is 0.407. The fourth-order valence-corrected chi connectivity index (χ4v) is 4.93. The van der Waals surface area contributed by atoms with Gasteiger partial charge in [-0.2, -0.15) is 5.10 Å². The highest BCUT2D eigenvalue weighted by Crippen LogP contribution is 2.44. The smallest absolute Gasteiger partial charge is 0.338 e. The normalized spacial score (nSPS) is 13.2. The summed E-state index contributed by atoms with van der Waals surface area (Å²) in [6.45, 7) is 3.27. The van der Waals surface area contributed by atoms with Crippen LogP contribution in [0.2, 0.25) is 0 Å². The average Bonchev–Trinajstić information content (AvgIpc) is 3.32. The molecule has 2 aromatic carbocycles. The summed E-state index contributed by atoms with van der Waals surface area (Å²) in [7, 11) is 8.66. The highest BCUT2D eigenvalue weighted by molar-refractivity contribution is 6.03. The van der Waals surface area contributed by atoms with Gasteiger partial charge in [-0.15, -0.1) is 0 Å². The number of anilines is 3. The molecule has 1 aliphatic heterocycles. The molecule has 0 atom stereocenters. The van der Waals surface area contributed by atoms with Crippen LogP contribution in [0.1, 0.15) is 15.9 Å². The van der Waals surface area contributed by atoms with E-state index in [9.17, 15) is 9.59 Å². The summed E-state index contributed by atoms with van der Waals surface area (Å²) < 4.78 is 14.1. The lowest BCUT2D eigenvalue weighted by Gasteiger charge is -2.38. The maximum Gasteiger partial charge on any atom is 0.338 e. The number of benzene rings is 2. The Bertz CT molecular complexity index is 1570. The number of nitrogens with zero attached hydrogens (tertiary/aromatic N) is 5. The van der Waals surface area contributed by atoms with Crippen LogP contribution in [0.25, 0.3) is 22.0 Å². The molecule has 36 heavy (non-hydrogen) atoms. The minimum Gasteiger partial charge on any atom is -0.497 e. The van der Waals surface area contributed by atoms with E-state index in [1.54, 1.807) is 29.6 Å². The molecule has 9 nitrogen and oxygen atoms in total. The molecule has 0 saturated carbocycles. The lowest BCUT2D eigenvalue weighted by molar-refractivity contribution is 0.0601. The zero-order valence-corrected chi connectivity index (χ0v) is 21.3. The van der Waals surface area contributed by atoms with E-state index >= 15 is 0 Å². The molecule has 186 valence electrons. The van der Waals surface area contributed by atoms with Crippen LogP contribution in [0.15, 0.2) is 47.5 Å². The van der Waals surface area contributed by atoms with E-state index in [4.69, 9.17) is 9.47 Å². The Kier molecular flexibility index (Phi) is 5.70. The molecular formula is C27H29N5O4. The molecule has 2 aromatic heterocycles. The molecular weight excluding hydrogens is 458 g/mol. The van der Waals surface area contributed by atoms with Gasteiger partial charge in [0.05, 0.1) is 48.6 Å². The number of likely N-dealkylation sites (N-methyl/N-ethyl adjacent to an activating group) is 1. The van der Waals surface area contributed by atoms with E-state index in [1.165, 1.54) is 7.11 Å². The number of aryl methyl sites for hydroxylation is 3. The Hall–Kier alpha value is -4.27. The van der Waals surface area contributed by atoms with Crippen molar-refractivity contribution >= 4 is 33.9 Å². The third-order valence-corrected chi connectivity index (χ3v) is 6.90. The molecule has 0 fully saturated rings. The standard InChI is InChI=1S/C27H29N5O4/c1-16-9-21-22(31(4)26(16)33)10-18(35-5)11-23(21)32-8-7-29(2)24-12-19(17-14-28-30(3)15-17)20(13-25(24)32)27(34)36-6/h9-15H,7-8H2,1-6H3. The number of hydrogen-bond donors (Lipinski definition) is 0. The Morgan fingerprint density at radius 1 is 0.972 bits per heavy atom. The van der Waals surface area contributed by atoms with Crippen molar-refractivity contribution in [3.63, 3.8) is 0 Å². The van der Waals surface area contributed by atoms with E-state index in [0.717, 1.165) is 45.6 Å². The third-order valence-electron chi connectivity index (χ3n) is 6.90. The molecule has 0 unspecified atom stereocenters. The predicted octanol–water partition coefficient (Wildman–Crippen LogP) is 3.63. The molecule has 9 heteroatoms. The Labute approximate surface area is 209 Å². The second-order valence-electron chi connectivity index (χ2n) is 9.12.